The summed E-state index contributed by atoms with van der Waals surface area (Å²) in [6.07, 6.45) is 0. The molecule has 0 saturated heterocycles. The van der Waals surface area contributed by atoms with E-state index >= 15 is 0 Å². The maximum atomic E-state index is 14.6. The topological polar surface area (TPSA) is 25.8 Å². The molecule has 0 fully saturated rings. The Hall–Kier alpha value is -2.66. The fourth-order valence-corrected chi connectivity index (χ4v) is 9.18. The standard InChI is InChI=1S/C28H18F2N2SSe2/c1-15-3-5-17(21(29)13-15)23-9-11-25(34-23)19-7-8-20(28-27(19)31-33-32-28)26-12-10-24(35-26)18-6-4-16(2)14-22(18)30/h3-14H,1-2H3. The van der Waals surface area contributed by atoms with Crippen molar-refractivity contribution in [3.63, 3.8) is 0 Å². The van der Waals surface area contributed by atoms with Crippen molar-refractivity contribution in [2.24, 2.45) is 0 Å². The number of nitrogens with zero attached hydrogens (tertiary/aromatic N) is 2. The second-order valence-corrected chi connectivity index (χ2v) is 13.5. The second kappa shape index (κ2) is 9.09. The van der Waals surface area contributed by atoms with Gasteiger partial charge in [-0.25, -0.2) is 0 Å². The van der Waals surface area contributed by atoms with Crippen LogP contribution in [0, 0.1) is 25.5 Å². The van der Waals surface area contributed by atoms with Crippen molar-refractivity contribution in [1.82, 2.24) is 8.75 Å². The number of benzene rings is 3. The summed E-state index contributed by atoms with van der Waals surface area (Å²) in [7, 11) is 0. The molecule has 0 bridgehead atoms. The van der Waals surface area contributed by atoms with Crippen LogP contribution in [0.1, 0.15) is 11.1 Å². The third-order valence-corrected chi connectivity index (χ3v) is 11.3. The number of fused-ring (bicyclic) bond motifs is 1. The molecular formula is C28H18F2N2SSe2. The van der Waals surface area contributed by atoms with E-state index in [0.717, 1.165) is 42.2 Å². The summed E-state index contributed by atoms with van der Waals surface area (Å²) in [6.45, 7) is 3.80. The van der Waals surface area contributed by atoms with Crippen LogP contribution in [-0.2, 0) is 0 Å². The molecule has 0 radical (unpaired) electrons. The van der Waals surface area contributed by atoms with Crippen molar-refractivity contribution in [3.05, 3.63) is 95.6 Å². The van der Waals surface area contributed by atoms with Gasteiger partial charge in [0, 0.05) is 0 Å². The predicted molar refractivity (Wildman–Crippen MR) is 142 cm³/mol. The molecule has 3 aromatic heterocycles. The van der Waals surface area contributed by atoms with Crippen LogP contribution in [0.2, 0.25) is 0 Å². The van der Waals surface area contributed by atoms with Crippen LogP contribution >= 0.6 is 11.7 Å². The van der Waals surface area contributed by atoms with E-state index in [2.05, 4.69) is 33.0 Å². The quantitative estimate of drug-likeness (QED) is 0.195. The number of aromatic nitrogens is 2. The van der Waals surface area contributed by atoms with Gasteiger partial charge in [-0.3, -0.25) is 0 Å². The normalized spacial score (nSPS) is 11.4. The summed E-state index contributed by atoms with van der Waals surface area (Å²) in [4.78, 5) is 0. The van der Waals surface area contributed by atoms with Gasteiger partial charge < -0.3 is 0 Å². The average Bonchev–Trinajstić information content (AvgIpc) is 3.59. The minimum absolute atomic E-state index is 0.0254. The third kappa shape index (κ3) is 4.18. The van der Waals surface area contributed by atoms with Crippen molar-refractivity contribution in [2.75, 3.05) is 0 Å². The Morgan fingerprint density at radius 3 is 1.31 bits per heavy atom. The molecular weight excluding hydrogens is 592 g/mol. The Bertz CT molecular complexity index is 1590. The molecule has 0 unspecified atom stereocenters. The van der Waals surface area contributed by atoms with E-state index in [9.17, 15) is 8.78 Å². The Kier molecular flexibility index (Phi) is 5.92. The van der Waals surface area contributed by atoms with E-state index in [4.69, 9.17) is 0 Å². The SMILES string of the molecule is Cc1ccc(-c2ccc(-c3ccc(-c4ccc(-c5ccc(C)cc5F)[se]4)c4nsnc34)[se]2)c(F)c1. The van der Waals surface area contributed by atoms with Gasteiger partial charge in [-0.05, 0) is 0 Å². The minimum atomic E-state index is -0.174. The van der Waals surface area contributed by atoms with Crippen molar-refractivity contribution in [3.8, 4) is 40.0 Å². The molecule has 35 heavy (non-hydrogen) atoms. The Morgan fingerprint density at radius 1 is 0.543 bits per heavy atom. The molecule has 3 aromatic carbocycles. The summed E-state index contributed by atoms with van der Waals surface area (Å²) in [5.41, 5.74) is 7.06. The van der Waals surface area contributed by atoms with Crippen molar-refractivity contribution in [2.45, 2.75) is 13.8 Å². The monoisotopic (exact) mass is 612 g/mol. The molecule has 6 rings (SSSR count). The summed E-state index contributed by atoms with van der Waals surface area (Å²) < 4.78 is 42.8. The van der Waals surface area contributed by atoms with E-state index < -0.39 is 0 Å². The summed E-state index contributed by atoms with van der Waals surface area (Å²) >= 11 is 1.16. The van der Waals surface area contributed by atoms with Gasteiger partial charge in [0.05, 0.1) is 0 Å². The van der Waals surface area contributed by atoms with E-state index in [1.165, 1.54) is 20.6 Å². The fraction of sp³-hybridized carbons (Fsp3) is 0.0714. The number of rotatable bonds is 4. The van der Waals surface area contributed by atoms with E-state index in [1.807, 2.05) is 50.2 Å². The van der Waals surface area contributed by atoms with Crippen LogP contribution < -0.4 is 0 Å². The molecule has 0 saturated carbocycles. The first kappa shape index (κ1) is 22.8. The number of aryl methyl sites for hydroxylation is 2. The van der Waals surface area contributed by atoms with Gasteiger partial charge in [0.1, 0.15) is 0 Å². The molecule has 0 atom stereocenters. The number of halogens is 2. The summed E-state index contributed by atoms with van der Waals surface area (Å²) in [5, 5.41) is 0. The van der Waals surface area contributed by atoms with Gasteiger partial charge in [0.15, 0.2) is 0 Å². The molecule has 0 amide bonds. The number of hydrogen-bond acceptors (Lipinski definition) is 3. The van der Waals surface area contributed by atoms with Crippen LogP contribution in [0.4, 0.5) is 8.78 Å². The Balaban J connectivity index is 1.39. The fourth-order valence-electron chi connectivity index (χ4n) is 4.16. The predicted octanol–water partition coefficient (Wildman–Crippen LogP) is 7.37. The van der Waals surface area contributed by atoms with Gasteiger partial charge in [0.2, 0.25) is 0 Å². The van der Waals surface area contributed by atoms with Gasteiger partial charge in [-0.2, -0.15) is 0 Å². The van der Waals surface area contributed by atoms with Crippen molar-refractivity contribution >= 4 is 51.8 Å². The van der Waals surface area contributed by atoms with E-state index in [0.29, 0.717) is 11.1 Å². The van der Waals surface area contributed by atoms with Gasteiger partial charge in [-0.15, -0.1) is 0 Å². The van der Waals surface area contributed by atoms with Gasteiger partial charge in [-0.1, -0.05) is 0 Å². The van der Waals surface area contributed by atoms with Gasteiger partial charge in [0.25, 0.3) is 0 Å². The van der Waals surface area contributed by atoms with Crippen molar-refractivity contribution in [1.29, 1.82) is 0 Å². The zero-order valence-electron chi connectivity index (χ0n) is 18.8. The number of hydrogen-bond donors (Lipinski definition) is 0. The first-order valence-corrected chi connectivity index (χ1v) is 15.1. The molecule has 0 N–H and O–H groups in total. The van der Waals surface area contributed by atoms with E-state index in [-0.39, 0.29) is 40.6 Å². The van der Waals surface area contributed by atoms with Crippen LogP contribution in [0.3, 0.4) is 0 Å². The maximum absolute atomic E-state index is 14.6. The van der Waals surface area contributed by atoms with Crippen molar-refractivity contribution < 1.29 is 8.78 Å². The second-order valence-electron chi connectivity index (χ2n) is 8.42. The van der Waals surface area contributed by atoms with E-state index in [1.54, 1.807) is 12.1 Å². The zero-order valence-corrected chi connectivity index (χ0v) is 23.0. The molecule has 0 aliphatic heterocycles. The molecule has 6 aromatic rings. The summed E-state index contributed by atoms with van der Waals surface area (Å²) in [6, 6.07) is 23.2. The van der Waals surface area contributed by atoms with Crippen LogP contribution in [0.5, 0.6) is 0 Å². The van der Waals surface area contributed by atoms with Crippen LogP contribution in [0.15, 0.2) is 72.8 Å². The Morgan fingerprint density at radius 2 is 0.914 bits per heavy atom. The van der Waals surface area contributed by atoms with Crippen LogP contribution in [0.25, 0.3) is 51.0 Å². The molecule has 2 nitrogen and oxygen atoms in total. The molecule has 172 valence electrons. The summed E-state index contributed by atoms with van der Waals surface area (Å²) in [5.74, 6) is -0.348. The van der Waals surface area contributed by atoms with Crippen LogP contribution in [-0.4, -0.2) is 37.8 Å². The molecule has 0 spiro atoms. The molecule has 7 heteroatoms. The zero-order chi connectivity index (χ0) is 24.1. The Labute approximate surface area is 217 Å². The average molecular weight is 610 g/mol. The molecule has 0 aliphatic carbocycles. The third-order valence-electron chi connectivity index (χ3n) is 5.94. The first-order valence-electron chi connectivity index (χ1n) is 11.0. The first-order chi connectivity index (χ1) is 17.0. The molecule has 3 heterocycles. The molecule has 0 aliphatic rings. The van der Waals surface area contributed by atoms with Gasteiger partial charge >= 0.3 is 219 Å².